The van der Waals surface area contributed by atoms with Gasteiger partial charge in [0.2, 0.25) is 5.91 Å². The van der Waals surface area contributed by atoms with Gasteiger partial charge in [-0.25, -0.2) is 0 Å². The van der Waals surface area contributed by atoms with Gasteiger partial charge in [-0.2, -0.15) is 0 Å². The number of amides is 1. The summed E-state index contributed by atoms with van der Waals surface area (Å²) in [6.07, 6.45) is 5.32. The van der Waals surface area contributed by atoms with E-state index in [1.807, 2.05) is 0 Å². The summed E-state index contributed by atoms with van der Waals surface area (Å²) in [5, 5.41) is 0. The lowest BCUT2D eigenvalue weighted by Gasteiger charge is -2.09. The van der Waals surface area contributed by atoms with Crippen molar-refractivity contribution >= 4 is 11.7 Å². The van der Waals surface area contributed by atoms with Crippen LogP contribution in [0.15, 0.2) is 0 Å². The molecule has 0 rings (SSSR count). The van der Waals surface area contributed by atoms with E-state index in [0.717, 1.165) is 25.7 Å². The van der Waals surface area contributed by atoms with Crippen LogP contribution in [0, 0.1) is 0 Å². The maximum Gasteiger partial charge on any atom is 0.222 e. The van der Waals surface area contributed by atoms with Gasteiger partial charge in [-0.3, -0.25) is 4.79 Å². The Morgan fingerprint density at radius 2 is 1.43 bits per heavy atom. The van der Waals surface area contributed by atoms with Crippen LogP contribution in [0.5, 0.6) is 0 Å². The van der Waals surface area contributed by atoms with Crippen molar-refractivity contribution in [2.45, 2.75) is 45.4 Å². The zero-order chi connectivity index (χ0) is 11.0. The van der Waals surface area contributed by atoms with Crippen LogP contribution in [0.1, 0.15) is 45.4 Å². The van der Waals surface area contributed by atoms with Crippen LogP contribution in [0.25, 0.3) is 0 Å². The molecule has 0 unspecified atom stereocenters. The number of hydrogen-bond donors (Lipinski definition) is 0. The molecule has 0 saturated heterocycles. The monoisotopic (exact) mass is 199 g/mol. The van der Waals surface area contributed by atoms with Crippen LogP contribution in [0.3, 0.4) is 0 Å². The molecule has 0 fully saturated rings. The molecular weight excluding hydrogens is 178 g/mol. The lowest BCUT2D eigenvalue weighted by molar-refractivity contribution is -0.128. The second-order valence-electron chi connectivity index (χ2n) is 3.90. The van der Waals surface area contributed by atoms with Crippen LogP contribution in [-0.4, -0.2) is 30.7 Å². The van der Waals surface area contributed by atoms with Gasteiger partial charge in [0.1, 0.15) is 5.78 Å². The number of ketones is 1. The van der Waals surface area contributed by atoms with Crippen LogP contribution in [0.4, 0.5) is 0 Å². The molecule has 0 saturated carbocycles. The topological polar surface area (TPSA) is 37.4 Å². The molecule has 0 heterocycles. The highest BCUT2D eigenvalue weighted by Crippen LogP contribution is 2.06. The summed E-state index contributed by atoms with van der Waals surface area (Å²) in [4.78, 5) is 23.4. The van der Waals surface area contributed by atoms with E-state index in [9.17, 15) is 9.59 Å². The molecular formula is C11H21NO2. The number of nitrogens with zero attached hydrogens (tertiary/aromatic N) is 1. The van der Waals surface area contributed by atoms with Crippen LogP contribution < -0.4 is 0 Å². The quantitative estimate of drug-likeness (QED) is 0.588. The van der Waals surface area contributed by atoms with Crippen LogP contribution >= 0.6 is 0 Å². The first-order chi connectivity index (χ1) is 6.54. The first kappa shape index (κ1) is 13.1. The van der Waals surface area contributed by atoms with Crippen molar-refractivity contribution in [3.05, 3.63) is 0 Å². The highest BCUT2D eigenvalue weighted by molar-refractivity contribution is 5.75. The SMILES string of the molecule is CC(=O)CCCCCCC(=O)N(C)C. The summed E-state index contributed by atoms with van der Waals surface area (Å²) in [5.74, 6) is 0.450. The third-order valence-electron chi connectivity index (χ3n) is 2.17. The highest BCUT2D eigenvalue weighted by atomic mass is 16.2. The lowest BCUT2D eigenvalue weighted by Crippen LogP contribution is -2.20. The molecule has 3 heteroatoms. The van der Waals surface area contributed by atoms with Gasteiger partial charge in [0.05, 0.1) is 0 Å². The van der Waals surface area contributed by atoms with E-state index in [4.69, 9.17) is 0 Å². The van der Waals surface area contributed by atoms with Crippen molar-refractivity contribution in [1.82, 2.24) is 4.90 Å². The summed E-state index contributed by atoms with van der Waals surface area (Å²) >= 11 is 0. The molecule has 82 valence electrons. The van der Waals surface area contributed by atoms with Crippen molar-refractivity contribution < 1.29 is 9.59 Å². The van der Waals surface area contributed by atoms with E-state index in [-0.39, 0.29) is 11.7 Å². The summed E-state index contributed by atoms with van der Waals surface area (Å²) < 4.78 is 0. The molecule has 0 aromatic heterocycles. The number of carbonyl (C=O) groups excluding carboxylic acids is 2. The maximum absolute atomic E-state index is 11.2. The van der Waals surface area contributed by atoms with Gasteiger partial charge in [0, 0.05) is 26.9 Å². The van der Waals surface area contributed by atoms with E-state index in [2.05, 4.69) is 0 Å². The number of Topliss-reactive ketones (excluding diaryl/α,β-unsaturated/α-hetero) is 1. The predicted molar refractivity (Wildman–Crippen MR) is 57.1 cm³/mol. The first-order valence-corrected chi connectivity index (χ1v) is 5.23. The molecule has 0 aliphatic heterocycles. The lowest BCUT2D eigenvalue weighted by atomic mass is 10.1. The Morgan fingerprint density at radius 3 is 1.86 bits per heavy atom. The van der Waals surface area contributed by atoms with Crippen molar-refractivity contribution in [1.29, 1.82) is 0 Å². The average molecular weight is 199 g/mol. The smallest absolute Gasteiger partial charge is 0.222 e. The van der Waals surface area contributed by atoms with Gasteiger partial charge >= 0.3 is 0 Å². The van der Waals surface area contributed by atoms with Gasteiger partial charge in [0.25, 0.3) is 0 Å². The Balaban J connectivity index is 3.22. The standard InChI is InChI=1S/C11H21NO2/c1-10(13)8-6-4-5-7-9-11(14)12(2)3/h4-9H2,1-3H3. The minimum Gasteiger partial charge on any atom is -0.349 e. The normalized spacial score (nSPS) is 9.93. The molecule has 1 amide bonds. The summed E-state index contributed by atoms with van der Waals surface area (Å²) in [6, 6.07) is 0. The Hall–Kier alpha value is -0.860. The molecule has 0 radical (unpaired) electrons. The van der Waals surface area contributed by atoms with Crippen LogP contribution in [0.2, 0.25) is 0 Å². The summed E-state index contributed by atoms with van der Waals surface area (Å²) in [5.41, 5.74) is 0. The molecule has 0 bridgehead atoms. The number of carbonyl (C=O) groups is 2. The number of rotatable bonds is 7. The summed E-state index contributed by atoms with van der Waals surface area (Å²) in [7, 11) is 3.55. The van der Waals surface area contributed by atoms with Crippen molar-refractivity contribution in [2.75, 3.05) is 14.1 Å². The van der Waals surface area contributed by atoms with Gasteiger partial charge in [0.15, 0.2) is 0 Å². The highest BCUT2D eigenvalue weighted by Gasteiger charge is 2.02. The second kappa shape index (κ2) is 7.54. The Morgan fingerprint density at radius 1 is 0.929 bits per heavy atom. The molecule has 0 spiro atoms. The second-order valence-corrected chi connectivity index (χ2v) is 3.90. The molecule has 0 aliphatic rings. The Bertz CT molecular complexity index is 188. The zero-order valence-corrected chi connectivity index (χ0v) is 9.51. The summed E-state index contributed by atoms with van der Waals surface area (Å²) in [6.45, 7) is 1.62. The Kier molecular flexibility index (Phi) is 7.07. The molecule has 0 atom stereocenters. The van der Waals surface area contributed by atoms with Crippen LogP contribution in [-0.2, 0) is 9.59 Å². The van der Waals surface area contributed by atoms with Crippen molar-refractivity contribution in [3.63, 3.8) is 0 Å². The molecule has 0 aliphatic carbocycles. The maximum atomic E-state index is 11.2. The fraction of sp³-hybridized carbons (Fsp3) is 0.818. The molecule has 0 aromatic carbocycles. The van der Waals surface area contributed by atoms with Gasteiger partial charge in [-0.1, -0.05) is 12.8 Å². The largest absolute Gasteiger partial charge is 0.349 e. The fourth-order valence-corrected chi connectivity index (χ4v) is 1.23. The third-order valence-corrected chi connectivity index (χ3v) is 2.17. The molecule has 0 aromatic rings. The Labute approximate surface area is 86.5 Å². The van der Waals surface area contributed by atoms with Gasteiger partial charge in [-0.15, -0.1) is 0 Å². The van der Waals surface area contributed by atoms with Crippen molar-refractivity contribution in [2.24, 2.45) is 0 Å². The van der Waals surface area contributed by atoms with E-state index in [1.165, 1.54) is 0 Å². The average Bonchev–Trinajstić information content (AvgIpc) is 2.09. The fourth-order valence-electron chi connectivity index (χ4n) is 1.23. The minimum absolute atomic E-state index is 0.191. The van der Waals surface area contributed by atoms with E-state index >= 15 is 0 Å². The first-order valence-electron chi connectivity index (χ1n) is 5.23. The van der Waals surface area contributed by atoms with E-state index in [0.29, 0.717) is 12.8 Å². The minimum atomic E-state index is 0.191. The molecule has 14 heavy (non-hydrogen) atoms. The zero-order valence-electron chi connectivity index (χ0n) is 9.51. The molecule has 3 nitrogen and oxygen atoms in total. The number of hydrogen-bond acceptors (Lipinski definition) is 2. The predicted octanol–water partition coefficient (Wildman–Crippen LogP) is 2.00. The van der Waals surface area contributed by atoms with E-state index in [1.54, 1.807) is 25.9 Å². The van der Waals surface area contributed by atoms with Crippen molar-refractivity contribution in [3.8, 4) is 0 Å². The third kappa shape index (κ3) is 7.77. The van der Waals surface area contributed by atoms with Gasteiger partial charge < -0.3 is 9.69 Å². The van der Waals surface area contributed by atoms with Gasteiger partial charge in [-0.05, 0) is 19.8 Å². The molecule has 0 N–H and O–H groups in total. The number of unbranched alkanes of at least 4 members (excludes halogenated alkanes) is 3. The van der Waals surface area contributed by atoms with E-state index < -0.39 is 0 Å².